The molecule has 2 nitrogen and oxygen atoms in total. The second kappa shape index (κ2) is 1.99. The van der Waals surface area contributed by atoms with E-state index < -0.39 is 0 Å². The molecule has 1 saturated carbocycles. The van der Waals surface area contributed by atoms with E-state index in [1.54, 1.807) is 0 Å². The molecule has 0 radical (unpaired) electrons. The maximum atomic E-state index is 6.25. The van der Waals surface area contributed by atoms with E-state index in [0.717, 1.165) is 13.2 Å². The molecule has 2 atom stereocenters. The van der Waals surface area contributed by atoms with Crippen molar-refractivity contribution in [3.8, 4) is 0 Å². The lowest BCUT2D eigenvalue weighted by atomic mass is 9.90. The van der Waals surface area contributed by atoms with Gasteiger partial charge in [-0.3, -0.25) is 0 Å². The Morgan fingerprint density at radius 2 is 2.09 bits per heavy atom. The molecular weight excluding hydrogens is 138 g/mol. The van der Waals surface area contributed by atoms with Gasteiger partial charge in [-0.25, -0.2) is 0 Å². The van der Waals surface area contributed by atoms with Gasteiger partial charge in [0.25, 0.3) is 0 Å². The highest BCUT2D eigenvalue weighted by Gasteiger charge is 2.62. The Labute approximate surface area is 68.1 Å². The first-order valence-electron chi connectivity index (χ1n) is 4.43. The molecule has 2 N–H and O–H groups in total. The second-order valence-electron chi connectivity index (χ2n) is 4.66. The van der Waals surface area contributed by atoms with Crippen LogP contribution in [0.15, 0.2) is 0 Å². The number of hydrogen-bond acceptors (Lipinski definition) is 2. The minimum absolute atomic E-state index is 0.101. The van der Waals surface area contributed by atoms with Gasteiger partial charge >= 0.3 is 0 Å². The molecule has 0 spiro atoms. The molecule has 0 bridgehead atoms. The molecule has 64 valence electrons. The Kier molecular flexibility index (Phi) is 1.37. The smallest absolute Gasteiger partial charge is 0.0512 e. The van der Waals surface area contributed by atoms with Crippen molar-refractivity contribution < 1.29 is 4.74 Å². The molecular formula is C9H17NO. The van der Waals surface area contributed by atoms with E-state index in [2.05, 4.69) is 13.8 Å². The molecule has 1 aliphatic heterocycles. The molecule has 0 aromatic rings. The fourth-order valence-corrected chi connectivity index (χ4v) is 2.32. The summed E-state index contributed by atoms with van der Waals surface area (Å²) in [5.41, 5.74) is 6.72. The van der Waals surface area contributed by atoms with Crippen LogP contribution in [0.4, 0.5) is 0 Å². The minimum atomic E-state index is 0.101. The van der Waals surface area contributed by atoms with Crippen molar-refractivity contribution in [1.29, 1.82) is 0 Å². The van der Waals surface area contributed by atoms with E-state index in [9.17, 15) is 0 Å². The molecule has 1 aliphatic carbocycles. The summed E-state index contributed by atoms with van der Waals surface area (Å²) in [6, 6.07) is 0. The fourth-order valence-electron chi connectivity index (χ4n) is 2.32. The standard InChI is InChI=1S/C9H17NO/c1-8(2)6-9(8,10)7-3-4-11-5-7/h7H,3-6,10H2,1-2H3. The van der Waals surface area contributed by atoms with Crippen LogP contribution in [0.3, 0.4) is 0 Å². The average Bonchev–Trinajstić information content (AvgIpc) is 2.36. The predicted octanol–water partition coefficient (Wildman–Crippen LogP) is 1.15. The van der Waals surface area contributed by atoms with Gasteiger partial charge in [-0.05, 0) is 18.3 Å². The van der Waals surface area contributed by atoms with E-state index in [1.807, 2.05) is 0 Å². The third kappa shape index (κ3) is 0.926. The van der Waals surface area contributed by atoms with Crippen LogP contribution in [0.5, 0.6) is 0 Å². The summed E-state index contributed by atoms with van der Waals surface area (Å²) < 4.78 is 5.34. The van der Waals surface area contributed by atoms with Crippen molar-refractivity contribution in [2.24, 2.45) is 17.1 Å². The monoisotopic (exact) mass is 155 g/mol. The topological polar surface area (TPSA) is 35.2 Å². The number of hydrogen-bond donors (Lipinski definition) is 1. The Morgan fingerprint density at radius 1 is 1.45 bits per heavy atom. The lowest BCUT2D eigenvalue weighted by Crippen LogP contribution is -2.37. The van der Waals surface area contributed by atoms with Crippen LogP contribution in [0.25, 0.3) is 0 Å². The summed E-state index contributed by atoms with van der Waals surface area (Å²) in [5.74, 6) is 0.623. The SMILES string of the molecule is CC1(C)CC1(N)C1CCOC1. The predicted molar refractivity (Wildman–Crippen MR) is 44.2 cm³/mol. The highest BCUT2D eigenvalue weighted by Crippen LogP contribution is 2.59. The van der Waals surface area contributed by atoms with Crippen LogP contribution in [0.1, 0.15) is 26.7 Å². The van der Waals surface area contributed by atoms with Crippen LogP contribution in [-0.2, 0) is 4.74 Å². The van der Waals surface area contributed by atoms with Gasteiger partial charge in [0, 0.05) is 18.1 Å². The lowest BCUT2D eigenvalue weighted by Gasteiger charge is -2.20. The van der Waals surface area contributed by atoms with Gasteiger partial charge in [-0.15, -0.1) is 0 Å². The van der Waals surface area contributed by atoms with Crippen LogP contribution >= 0.6 is 0 Å². The highest BCUT2D eigenvalue weighted by atomic mass is 16.5. The van der Waals surface area contributed by atoms with Crippen LogP contribution in [0, 0.1) is 11.3 Å². The summed E-state index contributed by atoms with van der Waals surface area (Å²) >= 11 is 0. The van der Waals surface area contributed by atoms with Crippen molar-refractivity contribution in [3.63, 3.8) is 0 Å². The van der Waals surface area contributed by atoms with Gasteiger partial charge in [0.1, 0.15) is 0 Å². The first-order chi connectivity index (χ1) is 5.06. The van der Waals surface area contributed by atoms with Gasteiger partial charge in [0.05, 0.1) is 6.61 Å². The number of ether oxygens (including phenoxy) is 1. The normalized spacial score (nSPS) is 47.7. The molecule has 0 aromatic heterocycles. The third-order valence-corrected chi connectivity index (χ3v) is 3.53. The second-order valence-corrected chi connectivity index (χ2v) is 4.66. The molecule has 2 heteroatoms. The molecule has 2 fully saturated rings. The van der Waals surface area contributed by atoms with Crippen molar-refractivity contribution in [2.45, 2.75) is 32.2 Å². The van der Waals surface area contributed by atoms with Gasteiger partial charge in [-0.1, -0.05) is 13.8 Å². The maximum Gasteiger partial charge on any atom is 0.0512 e. The van der Waals surface area contributed by atoms with Crippen LogP contribution < -0.4 is 5.73 Å². The van der Waals surface area contributed by atoms with Gasteiger partial charge in [-0.2, -0.15) is 0 Å². The molecule has 0 amide bonds. The number of nitrogens with two attached hydrogens (primary N) is 1. The van der Waals surface area contributed by atoms with Crippen molar-refractivity contribution in [2.75, 3.05) is 13.2 Å². The van der Waals surface area contributed by atoms with Crippen molar-refractivity contribution in [3.05, 3.63) is 0 Å². The van der Waals surface area contributed by atoms with E-state index in [1.165, 1.54) is 12.8 Å². The van der Waals surface area contributed by atoms with Gasteiger partial charge < -0.3 is 10.5 Å². The zero-order valence-electron chi connectivity index (χ0n) is 7.39. The maximum absolute atomic E-state index is 6.25. The molecule has 2 rings (SSSR count). The summed E-state index contributed by atoms with van der Waals surface area (Å²) in [4.78, 5) is 0. The number of rotatable bonds is 1. The van der Waals surface area contributed by atoms with Crippen LogP contribution in [0.2, 0.25) is 0 Å². The molecule has 2 aliphatic rings. The summed E-state index contributed by atoms with van der Waals surface area (Å²) in [5, 5.41) is 0. The molecule has 2 unspecified atom stereocenters. The zero-order valence-corrected chi connectivity index (χ0v) is 7.39. The summed E-state index contributed by atoms with van der Waals surface area (Å²) in [6.07, 6.45) is 2.34. The van der Waals surface area contributed by atoms with Gasteiger partial charge in [0.15, 0.2) is 0 Å². The van der Waals surface area contributed by atoms with E-state index in [4.69, 9.17) is 10.5 Å². The lowest BCUT2D eigenvalue weighted by molar-refractivity contribution is 0.174. The Morgan fingerprint density at radius 3 is 2.45 bits per heavy atom. The molecule has 1 saturated heterocycles. The summed E-state index contributed by atoms with van der Waals surface area (Å²) in [7, 11) is 0. The molecule has 11 heavy (non-hydrogen) atoms. The quantitative estimate of drug-likeness (QED) is 0.616. The van der Waals surface area contributed by atoms with E-state index >= 15 is 0 Å². The highest BCUT2D eigenvalue weighted by molar-refractivity contribution is 5.18. The Hall–Kier alpha value is -0.0800. The minimum Gasteiger partial charge on any atom is -0.381 e. The van der Waals surface area contributed by atoms with Crippen molar-refractivity contribution in [1.82, 2.24) is 0 Å². The first-order valence-corrected chi connectivity index (χ1v) is 4.43. The summed E-state index contributed by atoms with van der Waals surface area (Å²) in [6.45, 7) is 6.32. The zero-order chi connectivity index (χ0) is 8.11. The largest absolute Gasteiger partial charge is 0.381 e. The fraction of sp³-hybridized carbons (Fsp3) is 1.00. The van der Waals surface area contributed by atoms with Gasteiger partial charge in [0.2, 0.25) is 0 Å². The van der Waals surface area contributed by atoms with Crippen molar-refractivity contribution >= 4 is 0 Å². The van der Waals surface area contributed by atoms with E-state index in [0.29, 0.717) is 11.3 Å². The van der Waals surface area contributed by atoms with Crippen LogP contribution in [-0.4, -0.2) is 18.8 Å². The molecule has 0 aromatic carbocycles. The Bertz CT molecular complexity index is 172. The third-order valence-electron chi connectivity index (χ3n) is 3.53. The first kappa shape index (κ1) is 7.56. The molecule has 1 heterocycles. The van der Waals surface area contributed by atoms with E-state index in [-0.39, 0.29) is 5.54 Å². The Balaban J connectivity index is 2.06. The average molecular weight is 155 g/mol.